The van der Waals surface area contributed by atoms with E-state index >= 15 is 0 Å². The number of benzene rings is 2. The molecule has 0 aromatic heterocycles. The highest BCUT2D eigenvalue weighted by molar-refractivity contribution is 9.09. The second-order valence-corrected chi connectivity index (χ2v) is 12.2. The topological polar surface area (TPSA) is 96.4 Å². The highest BCUT2D eigenvalue weighted by Crippen LogP contribution is 2.60. The zero-order chi connectivity index (χ0) is 29.3. The summed E-state index contributed by atoms with van der Waals surface area (Å²) in [7, 11) is 0. The number of amides is 2. The lowest BCUT2D eigenvalue weighted by Crippen LogP contribution is -2.59. The number of carbonyl (C=O) groups excluding carboxylic acids is 3. The first kappa shape index (κ1) is 29.5. The average Bonchev–Trinajstić information content (AvgIpc) is 3.57. The van der Waals surface area contributed by atoms with Crippen LogP contribution in [0.5, 0.6) is 0 Å². The van der Waals surface area contributed by atoms with E-state index < -0.39 is 53.4 Å². The van der Waals surface area contributed by atoms with Crippen molar-refractivity contribution in [1.29, 1.82) is 0 Å². The minimum absolute atomic E-state index is 0.00800. The molecule has 3 heterocycles. The van der Waals surface area contributed by atoms with E-state index in [0.29, 0.717) is 23.6 Å². The van der Waals surface area contributed by atoms with E-state index in [1.807, 2.05) is 30.3 Å². The Kier molecular flexibility index (Phi) is 8.70. The Labute approximate surface area is 252 Å². The molecule has 7 atom stereocenters. The lowest BCUT2D eigenvalue weighted by atomic mass is 9.70. The largest absolute Gasteiger partial charge is 0.461 e. The number of anilines is 1. The fourth-order valence-electron chi connectivity index (χ4n) is 6.60. The van der Waals surface area contributed by atoms with Gasteiger partial charge in [-0.3, -0.25) is 14.4 Å². The fourth-order valence-corrected chi connectivity index (χ4v) is 7.67. The van der Waals surface area contributed by atoms with Gasteiger partial charge < -0.3 is 24.4 Å². The first-order valence-corrected chi connectivity index (χ1v) is 14.8. The molecule has 0 saturated carbocycles. The number of aliphatic hydroxyl groups excluding tert-OH is 1. The minimum atomic E-state index is -1.30. The van der Waals surface area contributed by atoms with E-state index in [2.05, 4.69) is 29.1 Å². The number of ether oxygens (including phenoxy) is 2. The van der Waals surface area contributed by atoms with E-state index in [4.69, 9.17) is 21.1 Å². The van der Waals surface area contributed by atoms with Gasteiger partial charge in [-0.05, 0) is 42.7 Å². The first-order valence-electron chi connectivity index (χ1n) is 13.5. The molecule has 3 aliphatic rings. The quantitative estimate of drug-likeness (QED) is 0.227. The van der Waals surface area contributed by atoms with Crippen molar-refractivity contribution in [3.8, 4) is 0 Å². The predicted molar refractivity (Wildman–Crippen MR) is 159 cm³/mol. The highest BCUT2D eigenvalue weighted by atomic mass is 79.9. The third-order valence-electron chi connectivity index (χ3n) is 8.21. The van der Waals surface area contributed by atoms with Crippen molar-refractivity contribution < 1.29 is 29.0 Å². The van der Waals surface area contributed by atoms with Crippen LogP contribution in [0.15, 0.2) is 79.9 Å². The molecule has 2 aromatic rings. The van der Waals surface area contributed by atoms with Crippen LogP contribution in [-0.2, 0) is 30.3 Å². The van der Waals surface area contributed by atoms with Gasteiger partial charge in [-0.2, -0.15) is 0 Å². The Bertz CT molecular complexity index is 1320. The zero-order valence-corrected chi connectivity index (χ0v) is 24.7. The molecule has 2 bridgehead atoms. The summed E-state index contributed by atoms with van der Waals surface area (Å²) >= 11 is 9.78. The van der Waals surface area contributed by atoms with Gasteiger partial charge in [0.15, 0.2) is 0 Å². The van der Waals surface area contributed by atoms with Gasteiger partial charge >= 0.3 is 5.97 Å². The van der Waals surface area contributed by atoms with Crippen LogP contribution in [0.1, 0.15) is 12.0 Å². The summed E-state index contributed by atoms with van der Waals surface area (Å²) in [6.45, 7) is 7.21. The standard InChI is InChI=1S/C31H32BrClN2O6/c1-3-14-34(21-12-10-20(33)11-13-21)29(38)27-31-17-23(32)26(41-31)24(30(39)40-15-4-2)25(31)28(37)35(27)22(18-36)16-19-8-6-5-7-9-19/h3-13,22-27,36H,1-2,14-18H2/t22-,23?,24+,25+,26+,27?,31?/m1/s1. The summed E-state index contributed by atoms with van der Waals surface area (Å²) in [5, 5.41) is 11.1. The van der Waals surface area contributed by atoms with Crippen molar-refractivity contribution in [3.63, 3.8) is 0 Å². The maximum Gasteiger partial charge on any atom is 0.312 e. The molecule has 216 valence electrons. The van der Waals surface area contributed by atoms with Crippen LogP contribution in [0.4, 0.5) is 5.69 Å². The lowest BCUT2D eigenvalue weighted by Gasteiger charge is -2.39. The van der Waals surface area contributed by atoms with Gasteiger partial charge in [-0.25, -0.2) is 0 Å². The molecule has 2 amide bonds. The van der Waals surface area contributed by atoms with E-state index in [1.165, 1.54) is 15.9 Å². The van der Waals surface area contributed by atoms with Crippen LogP contribution in [-0.4, -0.2) is 76.2 Å². The van der Waals surface area contributed by atoms with Gasteiger partial charge in [0, 0.05) is 22.1 Å². The van der Waals surface area contributed by atoms with Gasteiger partial charge in [0.05, 0.1) is 30.6 Å². The SMILES string of the molecule is C=CCOC(=O)[C@H]1[C@H]2C(=O)N([C@@H](CO)Cc3ccccc3)C(C(=O)N(CC=C)c3ccc(Cl)cc3)C23CC(Br)[C@@H]1O3. The van der Waals surface area contributed by atoms with Crippen LogP contribution in [0.2, 0.25) is 5.02 Å². The number of nitrogens with zero attached hydrogens (tertiary/aromatic N) is 2. The van der Waals surface area contributed by atoms with Crippen molar-refractivity contribution >= 4 is 51.0 Å². The van der Waals surface area contributed by atoms with Crippen LogP contribution in [0, 0.1) is 11.8 Å². The molecule has 1 N–H and O–H groups in total. The lowest BCUT2D eigenvalue weighted by molar-refractivity contribution is -0.154. The Morgan fingerprint density at radius 2 is 1.90 bits per heavy atom. The molecular weight excluding hydrogens is 612 g/mol. The second kappa shape index (κ2) is 12.1. The van der Waals surface area contributed by atoms with E-state index in [1.54, 1.807) is 30.3 Å². The van der Waals surface area contributed by atoms with Crippen molar-refractivity contribution in [3.05, 3.63) is 90.5 Å². The fraction of sp³-hybridized carbons (Fsp3) is 0.387. The first-order chi connectivity index (χ1) is 19.8. The molecule has 3 unspecified atom stereocenters. The second-order valence-electron chi connectivity index (χ2n) is 10.6. The Hall–Kier alpha value is -2.98. The van der Waals surface area contributed by atoms with Crippen molar-refractivity contribution in [2.45, 2.75) is 41.5 Å². The van der Waals surface area contributed by atoms with Crippen molar-refractivity contribution in [2.24, 2.45) is 11.8 Å². The molecule has 0 radical (unpaired) electrons. The summed E-state index contributed by atoms with van der Waals surface area (Å²) in [5.74, 6) is -3.24. The smallest absolute Gasteiger partial charge is 0.312 e. The molecule has 8 nitrogen and oxygen atoms in total. The van der Waals surface area contributed by atoms with Gasteiger partial charge in [-0.15, -0.1) is 6.58 Å². The van der Waals surface area contributed by atoms with Crippen molar-refractivity contribution in [1.82, 2.24) is 4.90 Å². The third-order valence-corrected chi connectivity index (χ3v) is 9.31. The number of hydrogen-bond acceptors (Lipinski definition) is 6. The summed E-state index contributed by atoms with van der Waals surface area (Å²) in [5.41, 5.74) is 0.159. The summed E-state index contributed by atoms with van der Waals surface area (Å²) in [4.78, 5) is 45.1. The number of esters is 1. The Morgan fingerprint density at radius 3 is 2.54 bits per heavy atom. The van der Waals surface area contributed by atoms with Crippen LogP contribution < -0.4 is 4.90 Å². The highest BCUT2D eigenvalue weighted by Gasteiger charge is 2.77. The molecule has 3 saturated heterocycles. The number of rotatable bonds is 11. The van der Waals surface area contributed by atoms with Gasteiger partial charge in [0.25, 0.3) is 5.91 Å². The molecular formula is C31H32BrClN2O6. The molecule has 10 heteroatoms. The molecule has 0 aliphatic carbocycles. The third kappa shape index (κ3) is 5.14. The molecule has 41 heavy (non-hydrogen) atoms. The number of halogens is 2. The van der Waals surface area contributed by atoms with E-state index in [0.717, 1.165) is 5.56 Å². The number of aliphatic hydroxyl groups is 1. The van der Waals surface area contributed by atoms with E-state index in [-0.39, 0.29) is 24.6 Å². The molecule has 1 spiro atoms. The number of hydrogen-bond donors (Lipinski definition) is 1. The summed E-state index contributed by atoms with van der Waals surface area (Å²) < 4.78 is 12.0. The molecule has 3 fully saturated rings. The number of alkyl halides is 1. The van der Waals surface area contributed by atoms with E-state index in [9.17, 15) is 19.5 Å². The number of fused-ring (bicyclic) bond motifs is 1. The molecule has 2 aromatic carbocycles. The molecule has 3 aliphatic heterocycles. The number of carbonyl (C=O) groups is 3. The minimum Gasteiger partial charge on any atom is -0.461 e. The average molecular weight is 644 g/mol. The molecule has 5 rings (SSSR count). The normalized spacial score (nSPS) is 28.7. The predicted octanol–water partition coefficient (Wildman–Crippen LogP) is 3.94. The monoisotopic (exact) mass is 642 g/mol. The van der Waals surface area contributed by atoms with Gasteiger partial charge in [0.1, 0.15) is 18.2 Å². The van der Waals surface area contributed by atoms with Gasteiger partial charge in [-0.1, -0.05) is 76.6 Å². The van der Waals surface area contributed by atoms with Crippen molar-refractivity contribution in [2.75, 3.05) is 24.7 Å². The maximum atomic E-state index is 14.7. The maximum absolute atomic E-state index is 14.7. The number of likely N-dealkylation sites (tertiary alicyclic amines) is 1. The summed E-state index contributed by atoms with van der Waals surface area (Å²) in [6, 6.07) is 14.4. The van der Waals surface area contributed by atoms with Crippen LogP contribution in [0.3, 0.4) is 0 Å². The Balaban J connectivity index is 1.61. The van der Waals surface area contributed by atoms with Gasteiger partial charge in [0.2, 0.25) is 5.91 Å². The zero-order valence-electron chi connectivity index (χ0n) is 22.4. The van der Waals surface area contributed by atoms with Crippen LogP contribution >= 0.6 is 27.5 Å². The summed E-state index contributed by atoms with van der Waals surface area (Å²) in [6.07, 6.45) is 3.06. The Morgan fingerprint density at radius 1 is 1.20 bits per heavy atom. The van der Waals surface area contributed by atoms with Crippen LogP contribution in [0.25, 0.3) is 0 Å².